The molecule has 3 aromatic rings. The number of rotatable bonds is 2. The molecular formula is C14H10ClN3O2. The molecule has 0 aliphatic rings. The molecule has 6 heteroatoms. The van der Waals surface area contributed by atoms with E-state index in [0.717, 1.165) is 5.56 Å². The molecule has 0 spiro atoms. The van der Waals surface area contributed by atoms with Gasteiger partial charge in [-0.1, -0.05) is 22.8 Å². The van der Waals surface area contributed by atoms with Crippen molar-refractivity contribution in [2.75, 3.05) is 0 Å². The zero-order chi connectivity index (χ0) is 14.1. The molecule has 0 amide bonds. The van der Waals surface area contributed by atoms with Crippen LogP contribution in [0, 0.1) is 6.92 Å². The van der Waals surface area contributed by atoms with Crippen LogP contribution >= 0.6 is 11.6 Å². The molecule has 20 heavy (non-hydrogen) atoms. The fourth-order valence-corrected chi connectivity index (χ4v) is 2.01. The van der Waals surface area contributed by atoms with E-state index in [4.69, 9.17) is 16.1 Å². The molecule has 0 unspecified atom stereocenters. The molecule has 0 saturated heterocycles. The summed E-state index contributed by atoms with van der Waals surface area (Å²) in [6, 6.07) is 8.63. The molecule has 2 aromatic heterocycles. The van der Waals surface area contributed by atoms with Crippen LogP contribution in [-0.2, 0) is 0 Å². The molecule has 3 rings (SSSR count). The lowest BCUT2D eigenvalue weighted by molar-refractivity contribution is 0.425. The molecule has 0 saturated carbocycles. The van der Waals surface area contributed by atoms with Gasteiger partial charge >= 0.3 is 0 Å². The van der Waals surface area contributed by atoms with Gasteiger partial charge in [0.15, 0.2) is 0 Å². The van der Waals surface area contributed by atoms with Gasteiger partial charge in [-0.05, 0) is 36.8 Å². The Balaban J connectivity index is 2.04. The van der Waals surface area contributed by atoms with E-state index in [1.807, 2.05) is 13.0 Å². The average Bonchev–Trinajstić information content (AvgIpc) is 2.88. The second-order valence-electron chi connectivity index (χ2n) is 4.28. The summed E-state index contributed by atoms with van der Waals surface area (Å²) in [4.78, 5) is 8.33. The lowest BCUT2D eigenvalue weighted by Gasteiger charge is -1.99. The summed E-state index contributed by atoms with van der Waals surface area (Å²) in [6.07, 6.45) is 1.60. The molecule has 0 aliphatic heterocycles. The zero-order valence-corrected chi connectivity index (χ0v) is 11.3. The van der Waals surface area contributed by atoms with Crippen LogP contribution < -0.4 is 0 Å². The number of aryl methyl sites for hydroxylation is 1. The predicted octanol–water partition coefficient (Wildman–Crippen LogP) is 3.47. The number of aromatic nitrogens is 3. The summed E-state index contributed by atoms with van der Waals surface area (Å²) in [6.45, 7) is 1.89. The first-order valence-corrected chi connectivity index (χ1v) is 6.27. The van der Waals surface area contributed by atoms with Crippen LogP contribution in [0.4, 0.5) is 0 Å². The van der Waals surface area contributed by atoms with Crippen molar-refractivity contribution >= 4 is 11.6 Å². The van der Waals surface area contributed by atoms with Crippen molar-refractivity contribution in [1.29, 1.82) is 0 Å². The van der Waals surface area contributed by atoms with Crippen LogP contribution in [-0.4, -0.2) is 20.2 Å². The van der Waals surface area contributed by atoms with Crippen molar-refractivity contribution in [3.63, 3.8) is 0 Å². The minimum absolute atomic E-state index is 0.0901. The highest BCUT2D eigenvalue weighted by atomic mass is 35.5. The normalized spacial score (nSPS) is 10.7. The molecule has 5 nitrogen and oxygen atoms in total. The first kappa shape index (κ1) is 12.6. The Morgan fingerprint density at radius 2 is 2.10 bits per heavy atom. The topological polar surface area (TPSA) is 72.0 Å². The molecule has 2 heterocycles. The number of benzene rings is 1. The highest BCUT2D eigenvalue weighted by Crippen LogP contribution is 2.31. The van der Waals surface area contributed by atoms with E-state index in [1.165, 1.54) is 0 Å². The van der Waals surface area contributed by atoms with Gasteiger partial charge in [-0.15, -0.1) is 0 Å². The summed E-state index contributed by atoms with van der Waals surface area (Å²) in [7, 11) is 0. The molecule has 0 radical (unpaired) electrons. The van der Waals surface area contributed by atoms with Gasteiger partial charge in [-0.3, -0.25) is 4.98 Å². The molecule has 1 aromatic carbocycles. The van der Waals surface area contributed by atoms with Crippen molar-refractivity contribution in [3.05, 3.63) is 47.1 Å². The number of phenolic OH excluding ortho intramolecular Hbond substituents is 1. The molecule has 0 aliphatic carbocycles. The summed E-state index contributed by atoms with van der Waals surface area (Å²) < 4.78 is 5.16. The molecular weight excluding hydrogens is 278 g/mol. The maximum atomic E-state index is 9.91. The van der Waals surface area contributed by atoms with Crippen LogP contribution in [0.5, 0.6) is 5.75 Å². The minimum atomic E-state index is 0.0901. The summed E-state index contributed by atoms with van der Waals surface area (Å²) in [5, 5.41) is 14.2. The van der Waals surface area contributed by atoms with Crippen LogP contribution in [0.2, 0.25) is 5.02 Å². The van der Waals surface area contributed by atoms with E-state index in [-0.39, 0.29) is 17.5 Å². The fraction of sp³-hybridized carbons (Fsp3) is 0.0714. The Labute approximate surface area is 119 Å². The van der Waals surface area contributed by atoms with Crippen molar-refractivity contribution in [3.8, 4) is 28.7 Å². The van der Waals surface area contributed by atoms with Gasteiger partial charge in [0, 0.05) is 6.20 Å². The van der Waals surface area contributed by atoms with Crippen LogP contribution in [0.1, 0.15) is 5.56 Å². The van der Waals surface area contributed by atoms with Gasteiger partial charge in [-0.25, -0.2) is 0 Å². The van der Waals surface area contributed by atoms with Crippen molar-refractivity contribution in [2.45, 2.75) is 6.92 Å². The van der Waals surface area contributed by atoms with Gasteiger partial charge in [0.05, 0.1) is 10.6 Å². The third-order valence-corrected chi connectivity index (χ3v) is 3.08. The Kier molecular flexibility index (Phi) is 3.12. The monoisotopic (exact) mass is 287 g/mol. The molecule has 0 atom stereocenters. The standard InChI is InChI=1S/C14H10ClN3O2/c1-8-4-5-9(11(19)7-8)14-17-13(18-20-14)12-10(15)3-2-6-16-12/h2-7,19H,1H3. The Morgan fingerprint density at radius 3 is 2.85 bits per heavy atom. The number of pyridine rings is 1. The van der Waals surface area contributed by atoms with Gasteiger partial charge in [0.25, 0.3) is 5.89 Å². The maximum absolute atomic E-state index is 9.91. The van der Waals surface area contributed by atoms with Gasteiger partial charge < -0.3 is 9.63 Å². The Hall–Kier alpha value is -2.40. The third kappa shape index (κ3) is 2.23. The van der Waals surface area contributed by atoms with Crippen LogP contribution in [0.25, 0.3) is 23.0 Å². The molecule has 0 fully saturated rings. The summed E-state index contributed by atoms with van der Waals surface area (Å²) in [5.74, 6) is 0.595. The molecule has 100 valence electrons. The summed E-state index contributed by atoms with van der Waals surface area (Å²) in [5.41, 5.74) is 1.86. The van der Waals surface area contributed by atoms with Crippen molar-refractivity contribution in [2.24, 2.45) is 0 Å². The van der Waals surface area contributed by atoms with Gasteiger partial charge in [0.1, 0.15) is 11.4 Å². The van der Waals surface area contributed by atoms with E-state index in [1.54, 1.807) is 30.5 Å². The molecule has 0 bridgehead atoms. The van der Waals surface area contributed by atoms with Gasteiger partial charge in [0.2, 0.25) is 5.82 Å². The summed E-state index contributed by atoms with van der Waals surface area (Å²) >= 11 is 6.03. The fourth-order valence-electron chi connectivity index (χ4n) is 1.80. The minimum Gasteiger partial charge on any atom is -0.507 e. The van der Waals surface area contributed by atoms with E-state index in [9.17, 15) is 5.11 Å². The van der Waals surface area contributed by atoms with Crippen LogP contribution in [0.3, 0.4) is 0 Å². The highest BCUT2D eigenvalue weighted by molar-refractivity contribution is 6.32. The number of aromatic hydroxyl groups is 1. The predicted molar refractivity (Wildman–Crippen MR) is 74.4 cm³/mol. The van der Waals surface area contributed by atoms with E-state index in [0.29, 0.717) is 16.3 Å². The van der Waals surface area contributed by atoms with Gasteiger partial charge in [-0.2, -0.15) is 4.98 Å². The number of halogens is 1. The van der Waals surface area contributed by atoms with Crippen molar-refractivity contribution in [1.82, 2.24) is 15.1 Å². The first-order valence-electron chi connectivity index (χ1n) is 5.90. The molecule has 1 N–H and O–H groups in total. The third-order valence-electron chi connectivity index (χ3n) is 2.78. The Morgan fingerprint density at radius 1 is 1.25 bits per heavy atom. The Bertz CT molecular complexity index is 771. The maximum Gasteiger partial charge on any atom is 0.262 e. The first-order chi connectivity index (χ1) is 9.65. The quantitative estimate of drug-likeness (QED) is 0.781. The van der Waals surface area contributed by atoms with E-state index < -0.39 is 0 Å². The average molecular weight is 288 g/mol. The number of phenols is 1. The van der Waals surface area contributed by atoms with E-state index >= 15 is 0 Å². The smallest absolute Gasteiger partial charge is 0.262 e. The zero-order valence-electron chi connectivity index (χ0n) is 10.5. The number of hydrogen-bond donors (Lipinski definition) is 1. The highest BCUT2D eigenvalue weighted by Gasteiger charge is 2.16. The lowest BCUT2D eigenvalue weighted by atomic mass is 10.1. The number of hydrogen-bond acceptors (Lipinski definition) is 5. The SMILES string of the molecule is Cc1ccc(-c2nc(-c3ncccc3Cl)no2)c(O)c1. The largest absolute Gasteiger partial charge is 0.507 e. The van der Waals surface area contributed by atoms with Crippen LogP contribution in [0.15, 0.2) is 41.1 Å². The second-order valence-corrected chi connectivity index (χ2v) is 4.68. The van der Waals surface area contributed by atoms with Crippen molar-refractivity contribution < 1.29 is 9.63 Å². The lowest BCUT2D eigenvalue weighted by Crippen LogP contribution is -1.86. The van der Waals surface area contributed by atoms with E-state index in [2.05, 4.69) is 15.1 Å². The number of nitrogens with zero attached hydrogens (tertiary/aromatic N) is 3. The second kappa shape index (κ2) is 4.94.